The van der Waals surface area contributed by atoms with Gasteiger partial charge in [-0.05, 0) is 0 Å². The van der Waals surface area contributed by atoms with E-state index in [1.807, 2.05) is 0 Å². The van der Waals surface area contributed by atoms with E-state index >= 15 is 0 Å². The molecule has 0 saturated carbocycles. The van der Waals surface area contributed by atoms with Crippen molar-refractivity contribution in [3.05, 3.63) is 0 Å². The molecule has 2 N–H and O–H groups in total. The number of carbonyl (C=O) groups excluding carboxylic acids is 3. The zero-order valence-electron chi connectivity index (χ0n) is 11.5. The molecule has 9 heteroatoms. The molecule has 0 unspecified atom stereocenters. The molecule has 0 aromatic heterocycles. The predicted molar refractivity (Wildman–Crippen MR) is 65.9 cm³/mol. The lowest BCUT2D eigenvalue weighted by atomic mass is 10.2. The van der Waals surface area contributed by atoms with Gasteiger partial charge in [0.05, 0.1) is 27.1 Å². The molecule has 9 nitrogen and oxygen atoms in total. The molecule has 0 rings (SSSR count). The minimum Gasteiger partial charge on any atom is -0.480 e. The van der Waals surface area contributed by atoms with Gasteiger partial charge in [0.2, 0.25) is 0 Å². The van der Waals surface area contributed by atoms with Crippen LogP contribution in [0.3, 0.4) is 0 Å². The van der Waals surface area contributed by atoms with E-state index in [0.717, 1.165) is 12.0 Å². The van der Waals surface area contributed by atoms with Crippen LogP contribution in [0, 0.1) is 0 Å². The van der Waals surface area contributed by atoms with Crippen LogP contribution in [0.5, 0.6) is 0 Å². The summed E-state index contributed by atoms with van der Waals surface area (Å²) in [5.74, 6) is -2.60. The maximum atomic E-state index is 11.7. The van der Waals surface area contributed by atoms with Crippen molar-refractivity contribution in [3.8, 4) is 0 Å². The van der Waals surface area contributed by atoms with Gasteiger partial charge in [-0.15, -0.1) is 0 Å². The van der Waals surface area contributed by atoms with E-state index in [-0.39, 0.29) is 13.0 Å². The minimum atomic E-state index is -1.39. The normalized spacial score (nSPS) is 11.2. The zero-order chi connectivity index (χ0) is 15.7. The topological polar surface area (TPSA) is 122 Å². The van der Waals surface area contributed by atoms with Gasteiger partial charge in [-0.25, -0.2) is 9.59 Å². The maximum Gasteiger partial charge on any atom is 0.326 e. The van der Waals surface area contributed by atoms with E-state index in [9.17, 15) is 19.2 Å². The third-order valence-corrected chi connectivity index (χ3v) is 2.42. The summed E-state index contributed by atoms with van der Waals surface area (Å²) in [4.78, 5) is 45.6. The molecular weight excluding hydrogens is 272 g/mol. The lowest BCUT2D eigenvalue weighted by Gasteiger charge is -2.20. The van der Waals surface area contributed by atoms with Crippen LogP contribution >= 0.6 is 0 Å². The smallest absolute Gasteiger partial charge is 0.326 e. The van der Waals surface area contributed by atoms with E-state index in [2.05, 4.69) is 14.8 Å². The number of carboxylic acid groups (broad SMARTS) is 1. The standard InChI is InChI=1S/C11H18N2O7/c1-13(5-4-8(14)19-2)11(18)12-7(10(16)17)6-9(15)20-3/h7H,4-6H2,1-3H3,(H,12,18)(H,16,17)/t7-/m0/s1. The molecule has 2 amide bonds. The van der Waals surface area contributed by atoms with Crippen molar-refractivity contribution in [1.82, 2.24) is 10.2 Å². The van der Waals surface area contributed by atoms with Gasteiger partial charge in [0.25, 0.3) is 0 Å². The second-order valence-corrected chi connectivity index (χ2v) is 3.87. The molecule has 20 heavy (non-hydrogen) atoms. The first-order valence-electron chi connectivity index (χ1n) is 5.69. The number of amides is 2. The van der Waals surface area contributed by atoms with Gasteiger partial charge in [0.15, 0.2) is 0 Å². The summed E-state index contributed by atoms with van der Waals surface area (Å²) < 4.78 is 8.75. The van der Waals surface area contributed by atoms with Gasteiger partial charge in [0, 0.05) is 13.6 Å². The van der Waals surface area contributed by atoms with Crippen LogP contribution in [0.4, 0.5) is 4.79 Å². The summed E-state index contributed by atoms with van der Waals surface area (Å²) in [7, 11) is 3.72. The number of ether oxygens (including phenoxy) is 2. The molecule has 0 spiro atoms. The first-order chi connectivity index (χ1) is 9.31. The van der Waals surface area contributed by atoms with Gasteiger partial charge >= 0.3 is 23.9 Å². The van der Waals surface area contributed by atoms with Gasteiger partial charge in [0.1, 0.15) is 6.04 Å². The number of nitrogens with one attached hydrogen (secondary N) is 1. The van der Waals surface area contributed by atoms with Crippen LogP contribution in [0.2, 0.25) is 0 Å². The highest BCUT2D eigenvalue weighted by atomic mass is 16.5. The maximum absolute atomic E-state index is 11.7. The van der Waals surface area contributed by atoms with Crippen LogP contribution in [0.1, 0.15) is 12.8 Å². The van der Waals surface area contributed by atoms with Crippen LogP contribution in [0.15, 0.2) is 0 Å². The van der Waals surface area contributed by atoms with Crippen molar-refractivity contribution in [2.45, 2.75) is 18.9 Å². The lowest BCUT2D eigenvalue weighted by molar-refractivity contribution is -0.147. The first-order valence-corrected chi connectivity index (χ1v) is 5.69. The highest BCUT2D eigenvalue weighted by Gasteiger charge is 2.25. The summed E-state index contributed by atoms with van der Waals surface area (Å²) in [5.41, 5.74) is 0. The summed E-state index contributed by atoms with van der Waals surface area (Å²) in [6, 6.07) is -2.11. The van der Waals surface area contributed by atoms with Crippen molar-refractivity contribution < 1.29 is 33.8 Å². The Labute approximate surface area is 115 Å². The third kappa shape index (κ3) is 6.57. The van der Waals surface area contributed by atoms with Gasteiger partial charge in [-0.3, -0.25) is 9.59 Å². The zero-order valence-corrected chi connectivity index (χ0v) is 11.5. The Morgan fingerprint density at radius 2 is 1.70 bits per heavy atom. The Kier molecular flexibility index (Phi) is 7.71. The Balaban J connectivity index is 4.40. The summed E-state index contributed by atoms with van der Waals surface area (Å²) in [6.07, 6.45) is -0.502. The fourth-order valence-electron chi connectivity index (χ4n) is 1.17. The molecule has 0 aromatic rings. The number of carbonyl (C=O) groups is 4. The van der Waals surface area contributed by atoms with E-state index < -0.39 is 36.4 Å². The number of esters is 2. The fraction of sp³-hybridized carbons (Fsp3) is 0.636. The number of methoxy groups -OCH3 is 2. The molecule has 0 aliphatic heterocycles. The van der Waals surface area contributed by atoms with Gasteiger partial charge < -0.3 is 24.8 Å². The van der Waals surface area contributed by atoms with Crippen LogP contribution in [-0.2, 0) is 23.9 Å². The molecule has 0 aliphatic rings. The first kappa shape index (κ1) is 17.7. The summed E-state index contributed by atoms with van der Waals surface area (Å²) in [5, 5.41) is 11.0. The molecule has 0 fully saturated rings. The van der Waals surface area contributed by atoms with Gasteiger partial charge in [-0.2, -0.15) is 0 Å². The summed E-state index contributed by atoms with van der Waals surface area (Å²) >= 11 is 0. The molecule has 0 aliphatic carbocycles. The molecule has 0 bridgehead atoms. The number of hydrogen-bond donors (Lipinski definition) is 2. The molecule has 0 aromatic carbocycles. The number of rotatable bonds is 7. The highest BCUT2D eigenvalue weighted by Crippen LogP contribution is 1.98. The second-order valence-electron chi connectivity index (χ2n) is 3.87. The Morgan fingerprint density at radius 3 is 2.15 bits per heavy atom. The second kappa shape index (κ2) is 8.73. The van der Waals surface area contributed by atoms with Crippen molar-refractivity contribution >= 4 is 23.9 Å². The van der Waals surface area contributed by atoms with E-state index in [0.29, 0.717) is 0 Å². The van der Waals surface area contributed by atoms with Gasteiger partial charge in [-0.1, -0.05) is 0 Å². The SMILES string of the molecule is COC(=O)CCN(C)C(=O)N[C@@H](CC(=O)OC)C(=O)O. The predicted octanol–water partition coefficient (Wildman–Crippen LogP) is -0.793. The average Bonchev–Trinajstić information content (AvgIpc) is 2.42. The number of aliphatic carboxylic acids is 1. The number of hydrogen-bond acceptors (Lipinski definition) is 6. The molecule has 1 atom stereocenters. The Hall–Kier alpha value is -2.32. The average molecular weight is 290 g/mol. The van der Waals surface area contributed by atoms with E-state index in [1.165, 1.54) is 14.2 Å². The quantitative estimate of drug-likeness (QED) is 0.589. The molecular formula is C11H18N2O7. The third-order valence-electron chi connectivity index (χ3n) is 2.42. The van der Waals surface area contributed by atoms with Crippen molar-refractivity contribution in [3.63, 3.8) is 0 Å². The van der Waals surface area contributed by atoms with Crippen LogP contribution in [0.25, 0.3) is 0 Å². The Bertz CT molecular complexity index is 383. The number of nitrogens with zero attached hydrogens (tertiary/aromatic N) is 1. The van der Waals surface area contributed by atoms with E-state index in [4.69, 9.17) is 5.11 Å². The lowest BCUT2D eigenvalue weighted by Crippen LogP contribution is -2.48. The van der Waals surface area contributed by atoms with Crippen molar-refractivity contribution in [2.75, 3.05) is 27.8 Å². The molecule has 114 valence electrons. The molecule has 0 radical (unpaired) electrons. The highest BCUT2D eigenvalue weighted by molar-refractivity contribution is 5.86. The monoisotopic (exact) mass is 290 g/mol. The fourth-order valence-corrected chi connectivity index (χ4v) is 1.17. The largest absolute Gasteiger partial charge is 0.480 e. The molecule has 0 heterocycles. The molecule has 0 saturated heterocycles. The minimum absolute atomic E-state index is 0.0187. The van der Waals surface area contributed by atoms with Crippen LogP contribution < -0.4 is 5.32 Å². The Morgan fingerprint density at radius 1 is 1.15 bits per heavy atom. The number of urea groups is 1. The van der Waals surface area contributed by atoms with Crippen molar-refractivity contribution in [1.29, 1.82) is 0 Å². The van der Waals surface area contributed by atoms with E-state index in [1.54, 1.807) is 0 Å². The summed E-state index contributed by atoms with van der Waals surface area (Å²) in [6.45, 7) is 0.0586. The van der Waals surface area contributed by atoms with Crippen LogP contribution in [-0.4, -0.2) is 67.8 Å². The van der Waals surface area contributed by atoms with Crippen molar-refractivity contribution in [2.24, 2.45) is 0 Å². The number of carboxylic acids is 1.